The maximum Gasteiger partial charge on any atom is 0.208 e. The van der Waals surface area contributed by atoms with Crippen molar-refractivity contribution in [1.82, 2.24) is 14.8 Å². The zero-order valence-electron chi connectivity index (χ0n) is 9.84. The second-order valence-corrected chi connectivity index (χ2v) is 4.49. The van der Waals surface area contributed by atoms with Crippen molar-refractivity contribution in [2.45, 2.75) is 20.4 Å². The summed E-state index contributed by atoms with van der Waals surface area (Å²) in [5.74, 6) is 0.420. The van der Waals surface area contributed by atoms with E-state index < -0.39 is 0 Å². The van der Waals surface area contributed by atoms with Crippen LogP contribution in [0, 0.1) is 13.8 Å². The van der Waals surface area contributed by atoms with Gasteiger partial charge in [-0.25, -0.2) is 9.67 Å². The van der Waals surface area contributed by atoms with Gasteiger partial charge in [0.25, 0.3) is 0 Å². The molecule has 0 atom stereocenters. The molecule has 17 heavy (non-hydrogen) atoms. The van der Waals surface area contributed by atoms with Crippen molar-refractivity contribution in [1.29, 1.82) is 0 Å². The van der Waals surface area contributed by atoms with Crippen LogP contribution >= 0.6 is 12.2 Å². The third-order valence-electron chi connectivity index (χ3n) is 2.67. The fraction of sp³-hybridized carbons (Fsp3) is 0.250. The van der Waals surface area contributed by atoms with Crippen LogP contribution in [0.5, 0.6) is 0 Å². The fourth-order valence-corrected chi connectivity index (χ4v) is 1.67. The molecule has 4 nitrogen and oxygen atoms in total. The molecule has 5 heteroatoms. The number of nitrogens with two attached hydrogens (primary N) is 1. The number of thiocarbonyl (C=S) groups is 1. The van der Waals surface area contributed by atoms with E-state index in [4.69, 9.17) is 18.0 Å². The Hall–Kier alpha value is -1.75. The molecular formula is C12H14N4S. The lowest BCUT2D eigenvalue weighted by Crippen LogP contribution is -2.12. The Kier molecular flexibility index (Phi) is 3.19. The van der Waals surface area contributed by atoms with Gasteiger partial charge in [0.15, 0.2) is 0 Å². The van der Waals surface area contributed by atoms with Crippen LogP contribution in [-0.4, -0.2) is 19.8 Å². The molecule has 1 aromatic heterocycles. The largest absolute Gasteiger partial charge is 0.387 e. The van der Waals surface area contributed by atoms with Gasteiger partial charge in [-0.2, -0.15) is 0 Å². The van der Waals surface area contributed by atoms with Gasteiger partial charge in [0.2, 0.25) is 5.82 Å². The van der Waals surface area contributed by atoms with E-state index in [-0.39, 0.29) is 4.99 Å². The van der Waals surface area contributed by atoms with Gasteiger partial charge in [-0.1, -0.05) is 30.4 Å². The summed E-state index contributed by atoms with van der Waals surface area (Å²) < 4.78 is 1.73. The van der Waals surface area contributed by atoms with Gasteiger partial charge < -0.3 is 5.73 Å². The second kappa shape index (κ2) is 4.63. The molecule has 0 unspecified atom stereocenters. The van der Waals surface area contributed by atoms with Gasteiger partial charge >= 0.3 is 0 Å². The van der Waals surface area contributed by atoms with E-state index in [1.165, 1.54) is 16.7 Å². The molecule has 0 aliphatic carbocycles. The van der Waals surface area contributed by atoms with Gasteiger partial charge in [-0.15, -0.1) is 5.10 Å². The molecule has 2 rings (SSSR count). The van der Waals surface area contributed by atoms with E-state index in [1.54, 1.807) is 11.0 Å². The Morgan fingerprint density at radius 2 is 2.12 bits per heavy atom. The minimum Gasteiger partial charge on any atom is -0.387 e. The first kappa shape index (κ1) is 11.7. The Bertz CT molecular complexity index is 559. The molecule has 0 spiro atoms. The minimum absolute atomic E-state index is 0.226. The molecule has 88 valence electrons. The molecule has 1 aromatic carbocycles. The lowest BCUT2D eigenvalue weighted by atomic mass is 10.1. The normalized spacial score (nSPS) is 10.5. The third kappa shape index (κ3) is 2.68. The predicted molar refractivity (Wildman–Crippen MR) is 70.9 cm³/mol. The minimum atomic E-state index is 0.226. The zero-order chi connectivity index (χ0) is 12.4. The maximum atomic E-state index is 5.46. The molecule has 2 N–H and O–H groups in total. The number of nitrogens with zero attached hydrogens (tertiary/aromatic N) is 3. The average molecular weight is 246 g/mol. The zero-order valence-corrected chi connectivity index (χ0v) is 10.7. The van der Waals surface area contributed by atoms with Crippen molar-refractivity contribution >= 4 is 17.2 Å². The van der Waals surface area contributed by atoms with Crippen LogP contribution in [0.3, 0.4) is 0 Å². The lowest BCUT2D eigenvalue weighted by Gasteiger charge is -2.04. The highest BCUT2D eigenvalue weighted by Crippen LogP contribution is 2.10. The van der Waals surface area contributed by atoms with Crippen LogP contribution < -0.4 is 5.73 Å². The molecule has 0 aliphatic rings. The number of aromatic nitrogens is 3. The lowest BCUT2D eigenvalue weighted by molar-refractivity contribution is 0.683. The van der Waals surface area contributed by atoms with Crippen LogP contribution in [0.25, 0.3) is 0 Å². The highest BCUT2D eigenvalue weighted by atomic mass is 32.1. The first-order valence-corrected chi connectivity index (χ1v) is 5.72. The summed E-state index contributed by atoms with van der Waals surface area (Å²) in [5.41, 5.74) is 9.21. The quantitative estimate of drug-likeness (QED) is 0.835. The monoisotopic (exact) mass is 246 g/mol. The summed E-state index contributed by atoms with van der Waals surface area (Å²) in [6, 6.07) is 6.35. The first-order chi connectivity index (χ1) is 8.06. The fourth-order valence-electron chi connectivity index (χ4n) is 1.57. The molecule has 2 aromatic rings. The molecule has 0 aliphatic heterocycles. The molecule has 0 radical (unpaired) electrons. The van der Waals surface area contributed by atoms with E-state index in [9.17, 15) is 0 Å². The average Bonchev–Trinajstić information content (AvgIpc) is 2.72. The Morgan fingerprint density at radius 3 is 2.71 bits per heavy atom. The number of aryl methyl sites for hydroxylation is 2. The summed E-state index contributed by atoms with van der Waals surface area (Å²) in [7, 11) is 0. The van der Waals surface area contributed by atoms with Crippen molar-refractivity contribution < 1.29 is 0 Å². The predicted octanol–water partition coefficient (Wildman–Crippen LogP) is 1.58. The maximum absolute atomic E-state index is 5.46. The summed E-state index contributed by atoms with van der Waals surface area (Å²) in [6.45, 7) is 4.87. The van der Waals surface area contributed by atoms with Gasteiger partial charge in [0, 0.05) is 0 Å². The topological polar surface area (TPSA) is 56.7 Å². The smallest absolute Gasteiger partial charge is 0.208 e. The molecule has 1 heterocycles. The van der Waals surface area contributed by atoms with Crippen LogP contribution in [0.15, 0.2) is 24.5 Å². The molecule has 0 saturated heterocycles. The Labute approximate surface area is 105 Å². The number of rotatable bonds is 3. The van der Waals surface area contributed by atoms with E-state index in [0.29, 0.717) is 12.4 Å². The van der Waals surface area contributed by atoms with Gasteiger partial charge in [-0.05, 0) is 30.5 Å². The summed E-state index contributed by atoms with van der Waals surface area (Å²) in [4.78, 5) is 4.26. The van der Waals surface area contributed by atoms with Crippen LogP contribution in [0.4, 0.5) is 0 Å². The number of hydrogen-bond donors (Lipinski definition) is 1. The van der Waals surface area contributed by atoms with Crippen LogP contribution in [0.1, 0.15) is 22.5 Å². The van der Waals surface area contributed by atoms with E-state index in [1.807, 2.05) is 0 Å². The third-order valence-corrected chi connectivity index (χ3v) is 2.86. The van der Waals surface area contributed by atoms with Crippen molar-refractivity contribution in [3.63, 3.8) is 0 Å². The number of benzene rings is 1. The van der Waals surface area contributed by atoms with Crippen LogP contribution in [0.2, 0.25) is 0 Å². The van der Waals surface area contributed by atoms with Gasteiger partial charge in [-0.3, -0.25) is 0 Å². The highest BCUT2D eigenvalue weighted by Gasteiger charge is 2.04. The first-order valence-electron chi connectivity index (χ1n) is 5.31. The van der Waals surface area contributed by atoms with Crippen molar-refractivity contribution in [2.24, 2.45) is 5.73 Å². The van der Waals surface area contributed by atoms with E-state index in [2.05, 4.69) is 42.1 Å². The van der Waals surface area contributed by atoms with E-state index >= 15 is 0 Å². The van der Waals surface area contributed by atoms with Crippen molar-refractivity contribution in [2.75, 3.05) is 0 Å². The Morgan fingerprint density at radius 1 is 1.35 bits per heavy atom. The SMILES string of the molecule is Cc1ccc(Cn2cnc(C(N)=S)n2)cc1C. The van der Waals surface area contributed by atoms with E-state index in [0.717, 1.165) is 0 Å². The molecule has 0 saturated carbocycles. The van der Waals surface area contributed by atoms with Crippen molar-refractivity contribution in [3.8, 4) is 0 Å². The molecule has 0 fully saturated rings. The number of hydrogen-bond acceptors (Lipinski definition) is 3. The molecular weight excluding hydrogens is 232 g/mol. The van der Waals surface area contributed by atoms with Gasteiger partial charge in [0.1, 0.15) is 11.3 Å². The summed E-state index contributed by atoms with van der Waals surface area (Å²) >= 11 is 4.82. The standard InChI is InChI=1S/C12H14N4S/c1-8-3-4-10(5-9(8)2)6-16-7-14-12(15-16)11(13)17/h3-5,7H,6H2,1-2H3,(H2,13,17). The van der Waals surface area contributed by atoms with Crippen molar-refractivity contribution in [3.05, 3.63) is 47.0 Å². The van der Waals surface area contributed by atoms with Crippen LogP contribution in [-0.2, 0) is 6.54 Å². The summed E-state index contributed by atoms with van der Waals surface area (Å²) in [6.07, 6.45) is 1.64. The highest BCUT2D eigenvalue weighted by molar-refractivity contribution is 7.80. The molecule has 0 amide bonds. The summed E-state index contributed by atoms with van der Waals surface area (Å²) in [5, 5.41) is 4.20. The Balaban J connectivity index is 2.19. The molecule has 0 bridgehead atoms. The van der Waals surface area contributed by atoms with Gasteiger partial charge in [0.05, 0.1) is 6.54 Å². The second-order valence-electron chi connectivity index (χ2n) is 4.05.